The standard InChI is InChI=1S/C17H17N7O2S/c1-11-19-20-15-6-7-16(21-24(11)15)23-9-12(10-23)8-18-17-13-4-2-3-5-14(13)27(25,26)22-17/h2-7,12H,8-10H2,1H3,(H,18,22). The SMILES string of the molecule is Cc1nnc2ccc(N3CC(CN=C4NS(=O)(=O)c5ccccc54)C3)nn12. The summed E-state index contributed by atoms with van der Waals surface area (Å²) in [5.41, 5.74) is 1.37. The Morgan fingerprint density at radius 2 is 2.00 bits per heavy atom. The lowest BCUT2D eigenvalue weighted by Crippen LogP contribution is -2.49. The molecule has 2 aliphatic rings. The number of hydrogen-bond donors (Lipinski definition) is 1. The third kappa shape index (κ3) is 2.64. The van der Waals surface area contributed by atoms with Crippen molar-refractivity contribution in [2.75, 3.05) is 24.5 Å². The number of fused-ring (bicyclic) bond motifs is 2. The lowest BCUT2D eigenvalue weighted by molar-refractivity contribution is 0.416. The van der Waals surface area contributed by atoms with Crippen LogP contribution in [0, 0.1) is 12.8 Å². The van der Waals surface area contributed by atoms with Gasteiger partial charge in [-0.05, 0) is 31.2 Å². The fraction of sp³-hybridized carbons (Fsp3) is 0.294. The number of nitrogens with one attached hydrogen (secondary N) is 1. The van der Waals surface area contributed by atoms with Crippen molar-refractivity contribution in [3.8, 4) is 0 Å². The topological polar surface area (TPSA) is 105 Å². The van der Waals surface area contributed by atoms with Crippen LogP contribution in [0.2, 0.25) is 0 Å². The molecule has 138 valence electrons. The molecule has 0 atom stereocenters. The zero-order valence-corrected chi connectivity index (χ0v) is 15.4. The molecule has 3 aromatic rings. The molecule has 0 aliphatic carbocycles. The predicted octanol–water partition coefficient (Wildman–Crippen LogP) is 0.608. The van der Waals surface area contributed by atoms with Crippen LogP contribution >= 0.6 is 0 Å². The van der Waals surface area contributed by atoms with E-state index in [1.54, 1.807) is 22.7 Å². The van der Waals surface area contributed by atoms with Gasteiger partial charge in [-0.3, -0.25) is 9.71 Å². The Morgan fingerprint density at radius 3 is 2.85 bits per heavy atom. The van der Waals surface area contributed by atoms with Crippen molar-refractivity contribution in [2.45, 2.75) is 11.8 Å². The minimum atomic E-state index is -3.48. The van der Waals surface area contributed by atoms with E-state index in [4.69, 9.17) is 0 Å². The van der Waals surface area contributed by atoms with E-state index < -0.39 is 10.0 Å². The zero-order valence-electron chi connectivity index (χ0n) is 14.6. The third-order valence-electron chi connectivity index (χ3n) is 4.86. The van der Waals surface area contributed by atoms with E-state index in [9.17, 15) is 8.42 Å². The highest BCUT2D eigenvalue weighted by Gasteiger charge is 2.32. The summed E-state index contributed by atoms with van der Waals surface area (Å²) in [4.78, 5) is 6.98. The first-order valence-electron chi connectivity index (χ1n) is 8.62. The molecule has 0 saturated carbocycles. The van der Waals surface area contributed by atoms with E-state index in [-0.39, 0.29) is 0 Å². The van der Waals surface area contributed by atoms with Crippen molar-refractivity contribution in [1.82, 2.24) is 24.5 Å². The molecule has 9 nitrogen and oxygen atoms in total. The predicted molar refractivity (Wildman–Crippen MR) is 99.4 cm³/mol. The van der Waals surface area contributed by atoms with E-state index in [0.29, 0.717) is 28.8 Å². The fourth-order valence-corrected chi connectivity index (χ4v) is 4.65. The van der Waals surface area contributed by atoms with E-state index in [0.717, 1.165) is 30.4 Å². The summed E-state index contributed by atoms with van der Waals surface area (Å²) in [5, 5.41) is 12.6. The number of aliphatic imine (C=N–C) groups is 1. The number of anilines is 1. The first kappa shape index (κ1) is 16.2. The highest BCUT2D eigenvalue weighted by atomic mass is 32.2. The van der Waals surface area contributed by atoms with E-state index >= 15 is 0 Å². The maximum absolute atomic E-state index is 12.1. The van der Waals surface area contributed by atoms with Crippen LogP contribution in [0.4, 0.5) is 5.82 Å². The van der Waals surface area contributed by atoms with Crippen molar-refractivity contribution in [3.05, 3.63) is 47.8 Å². The molecule has 1 fully saturated rings. The highest BCUT2D eigenvalue weighted by Crippen LogP contribution is 2.25. The number of benzene rings is 1. The van der Waals surface area contributed by atoms with Crippen molar-refractivity contribution in [1.29, 1.82) is 0 Å². The molecule has 5 rings (SSSR count). The van der Waals surface area contributed by atoms with Crippen LogP contribution in [-0.2, 0) is 10.0 Å². The maximum atomic E-state index is 12.1. The number of rotatable bonds is 3. The summed E-state index contributed by atoms with van der Waals surface area (Å²) in [7, 11) is -3.48. The molecule has 1 N–H and O–H groups in total. The second-order valence-electron chi connectivity index (χ2n) is 6.77. The third-order valence-corrected chi connectivity index (χ3v) is 6.25. The Morgan fingerprint density at radius 1 is 1.19 bits per heavy atom. The molecule has 0 bridgehead atoms. The van der Waals surface area contributed by atoms with E-state index in [2.05, 4.69) is 29.9 Å². The Kier molecular flexibility index (Phi) is 3.44. The summed E-state index contributed by atoms with van der Waals surface area (Å²) < 4.78 is 28.5. The van der Waals surface area contributed by atoms with Gasteiger partial charge in [0.1, 0.15) is 11.7 Å². The van der Waals surface area contributed by atoms with Crippen LogP contribution in [0.1, 0.15) is 11.4 Å². The summed E-state index contributed by atoms with van der Waals surface area (Å²) in [5.74, 6) is 2.42. The molecule has 4 heterocycles. The number of amidine groups is 1. The van der Waals surface area contributed by atoms with Gasteiger partial charge >= 0.3 is 0 Å². The van der Waals surface area contributed by atoms with Gasteiger partial charge in [0.05, 0.1) is 4.90 Å². The van der Waals surface area contributed by atoms with Gasteiger partial charge in [0, 0.05) is 31.1 Å². The highest BCUT2D eigenvalue weighted by molar-refractivity contribution is 7.90. The van der Waals surface area contributed by atoms with Gasteiger partial charge in [-0.2, -0.15) is 4.52 Å². The van der Waals surface area contributed by atoms with Gasteiger partial charge in [-0.25, -0.2) is 8.42 Å². The Bertz CT molecular complexity index is 1180. The van der Waals surface area contributed by atoms with Crippen LogP contribution in [0.5, 0.6) is 0 Å². The smallest absolute Gasteiger partial charge is 0.263 e. The summed E-state index contributed by atoms with van der Waals surface area (Å²) in [6.07, 6.45) is 0. The average molecular weight is 383 g/mol. The Labute approximate surface area is 155 Å². The lowest BCUT2D eigenvalue weighted by atomic mass is 10.0. The Hall–Kier alpha value is -3.01. The minimum Gasteiger partial charge on any atom is -0.354 e. The van der Waals surface area contributed by atoms with Crippen LogP contribution in [0.15, 0.2) is 46.3 Å². The molecule has 0 amide bonds. The van der Waals surface area contributed by atoms with Crippen LogP contribution in [-0.4, -0.2) is 53.7 Å². The van der Waals surface area contributed by atoms with Gasteiger partial charge in [0.25, 0.3) is 10.0 Å². The number of nitrogens with zero attached hydrogens (tertiary/aromatic N) is 6. The van der Waals surface area contributed by atoms with Gasteiger partial charge in [-0.15, -0.1) is 15.3 Å². The molecular formula is C17H17N7O2S. The average Bonchev–Trinajstić information content (AvgIpc) is 3.12. The molecule has 1 saturated heterocycles. The van der Waals surface area contributed by atoms with Gasteiger partial charge in [0.15, 0.2) is 11.5 Å². The molecule has 0 radical (unpaired) electrons. The van der Waals surface area contributed by atoms with Crippen LogP contribution in [0.25, 0.3) is 5.65 Å². The summed E-state index contributed by atoms with van der Waals surface area (Å²) >= 11 is 0. The largest absolute Gasteiger partial charge is 0.354 e. The molecule has 10 heteroatoms. The lowest BCUT2D eigenvalue weighted by Gasteiger charge is -2.39. The first-order valence-corrected chi connectivity index (χ1v) is 10.1. The Balaban J connectivity index is 1.28. The van der Waals surface area contributed by atoms with Gasteiger partial charge in [-0.1, -0.05) is 12.1 Å². The summed E-state index contributed by atoms with van der Waals surface area (Å²) in [6.45, 7) is 4.08. The van der Waals surface area contributed by atoms with Gasteiger partial charge < -0.3 is 4.90 Å². The number of aryl methyl sites for hydroxylation is 1. The van der Waals surface area contributed by atoms with Gasteiger partial charge in [0.2, 0.25) is 0 Å². The molecular weight excluding hydrogens is 366 g/mol. The van der Waals surface area contributed by atoms with E-state index in [1.807, 2.05) is 25.1 Å². The second kappa shape index (κ2) is 5.74. The summed E-state index contributed by atoms with van der Waals surface area (Å²) in [6, 6.07) is 10.7. The minimum absolute atomic E-state index is 0.292. The van der Waals surface area contributed by atoms with Crippen molar-refractivity contribution in [3.63, 3.8) is 0 Å². The maximum Gasteiger partial charge on any atom is 0.263 e. The molecule has 2 aromatic heterocycles. The monoisotopic (exact) mass is 383 g/mol. The fourth-order valence-electron chi connectivity index (χ4n) is 3.40. The number of aromatic nitrogens is 4. The molecule has 1 aromatic carbocycles. The number of hydrogen-bond acceptors (Lipinski definition) is 7. The van der Waals surface area contributed by atoms with E-state index in [1.165, 1.54) is 0 Å². The zero-order chi connectivity index (χ0) is 18.6. The normalized spacial score (nSPS) is 19.9. The molecule has 0 spiro atoms. The quantitative estimate of drug-likeness (QED) is 0.710. The number of sulfonamides is 1. The molecule has 27 heavy (non-hydrogen) atoms. The molecule has 2 aliphatic heterocycles. The van der Waals surface area contributed by atoms with Crippen molar-refractivity contribution in [2.24, 2.45) is 10.9 Å². The second-order valence-corrected chi connectivity index (χ2v) is 8.42. The van der Waals surface area contributed by atoms with Crippen LogP contribution < -0.4 is 9.62 Å². The van der Waals surface area contributed by atoms with Crippen LogP contribution in [0.3, 0.4) is 0 Å². The van der Waals surface area contributed by atoms with Crippen molar-refractivity contribution >= 4 is 27.3 Å². The van der Waals surface area contributed by atoms with Crippen molar-refractivity contribution < 1.29 is 8.42 Å². The molecule has 0 unspecified atom stereocenters. The first-order chi connectivity index (χ1) is 13.0.